The van der Waals surface area contributed by atoms with Crippen molar-refractivity contribution < 1.29 is 26.3 Å². The lowest BCUT2D eigenvalue weighted by atomic mass is 10.0. The molecule has 0 saturated heterocycles. The molecule has 8 rings (SSSR count). The van der Waals surface area contributed by atoms with E-state index in [-0.39, 0.29) is 44.8 Å². The van der Waals surface area contributed by atoms with Crippen molar-refractivity contribution in [2.24, 2.45) is 0 Å². The summed E-state index contributed by atoms with van der Waals surface area (Å²) in [6.07, 6.45) is 3.20. The third kappa shape index (κ3) is 6.96. The molecule has 0 unspecified atom stereocenters. The van der Waals surface area contributed by atoms with Crippen LogP contribution in [-0.2, 0) is 0 Å². The van der Waals surface area contributed by atoms with Gasteiger partial charge in [-0.3, -0.25) is 9.97 Å². The van der Waals surface area contributed by atoms with Crippen molar-refractivity contribution in [3.8, 4) is 45.3 Å². The Morgan fingerprint density at radius 2 is 1.11 bits per heavy atom. The number of benzene rings is 4. The zero-order chi connectivity index (χ0) is 37.9. The number of aromatic nitrogens is 6. The van der Waals surface area contributed by atoms with Crippen LogP contribution in [0.2, 0.25) is 0 Å². The Kier molecular flexibility index (Phi) is 9.81. The second kappa shape index (κ2) is 14.9. The van der Waals surface area contributed by atoms with Gasteiger partial charge in [-0.2, -0.15) is 0 Å². The summed E-state index contributed by atoms with van der Waals surface area (Å²) < 4.78 is 84.9. The number of rotatable bonds is 6. The molecule has 14 heteroatoms. The number of anilines is 2. The first-order chi connectivity index (χ1) is 26.1. The van der Waals surface area contributed by atoms with E-state index in [2.05, 4.69) is 40.5 Å². The Morgan fingerprint density at radius 1 is 0.500 bits per heavy atom. The number of hydrogen-bond donors (Lipinski definition) is 2. The van der Waals surface area contributed by atoms with Crippen LogP contribution in [0.4, 0.5) is 38.0 Å². The summed E-state index contributed by atoms with van der Waals surface area (Å²) in [6, 6.07) is 22.5. The van der Waals surface area contributed by atoms with Crippen LogP contribution in [0.15, 0.2) is 109 Å². The Balaban J connectivity index is 0.000000167. The van der Waals surface area contributed by atoms with Gasteiger partial charge in [0.05, 0.1) is 10.9 Å². The molecule has 0 saturated carbocycles. The summed E-state index contributed by atoms with van der Waals surface area (Å²) in [5.41, 5.74) is 1.52. The van der Waals surface area contributed by atoms with E-state index in [0.29, 0.717) is 33.9 Å². The number of halogens is 6. The van der Waals surface area contributed by atoms with Gasteiger partial charge < -0.3 is 10.6 Å². The summed E-state index contributed by atoms with van der Waals surface area (Å²) in [7, 11) is 3.27. The number of fused-ring (bicyclic) bond motifs is 2. The molecule has 0 aliphatic rings. The van der Waals surface area contributed by atoms with Crippen LogP contribution in [0, 0.1) is 34.9 Å². The Morgan fingerprint density at radius 3 is 1.72 bits per heavy atom. The molecule has 4 aromatic heterocycles. The standard InChI is InChI=1S/2C20H13F3N4/c1-24-19-14-8-7-13(12-6-5-11(21)10-15(12)22)17(23)18(14)26-20(27-19)16-4-2-3-9-25-16;1-24-20-17-15(26-19(27-20)16-4-2-3-7-25-16)6-5-14(18(17)23)11-8-12(21)10-13(22)9-11/h2*2-10H,1H3,(H,24,26,27). The molecular formula is C40H26F6N8. The zero-order valence-corrected chi connectivity index (χ0v) is 28.3. The summed E-state index contributed by atoms with van der Waals surface area (Å²) in [4.78, 5) is 25.8. The van der Waals surface area contributed by atoms with Gasteiger partial charge in [0.15, 0.2) is 17.5 Å². The summed E-state index contributed by atoms with van der Waals surface area (Å²) in [5, 5.41) is 6.36. The molecule has 0 aliphatic carbocycles. The van der Waals surface area contributed by atoms with Gasteiger partial charge in [-0.1, -0.05) is 18.2 Å². The topological polar surface area (TPSA) is 101 Å². The molecule has 0 aliphatic heterocycles. The van der Waals surface area contributed by atoms with E-state index in [4.69, 9.17) is 0 Å². The van der Waals surface area contributed by atoms with Crippen LogP contribution in [0.25, 0.3) is 67.1 Å². The molecule has 0 amide bonds. The number of pyridine rings is 2. The van der Waals surface area contributed by atoms with Gasteiger partial charge in [0.25, 0.3) is 0 Å². The molecule has 0 radical (unpaired) electrons. The van der Waals surface area contributed by atoms with E-state index < -0.39 is 34.9 Å². The molecule has 0 atom stereocenters. The molecule has 0 spiro atoms. The summed E-state index contributed by atoms with van der Waals surface area (Å²) >= 11 is 0. The molecule has 54 heavy (non-hydrogen) atoms. The molecule has 268 valence electrons. The fraction of sp³-hybridized carbons (Fsp3) is 0.0500. The van der Waals surface area contributed by atoms with E-state index >= 15 is 8.78 Å². The average molecular weight is 733 g/mol. The van der Waals surface area contributed by atoms with Gasteiger partial charge in [-0.15, -0.1) is 0 Å². The van der Waals surface area contributed by atoms with Crippen molar-refractivity contribution in [1.82, 2.24) is 29.9 Å². The van der Waals surface area contributed by atoms with E-state index in [1.807, 2.05) is 0 Å². The lowest BCUT2D eigenvalue weighted by molar-refractivity contribution is 0.582. The van der Waals surface area contributed by atoms with E-state index in [9.17, 15) is 17.6 Å². The zero-order valence-electron chi connectivity index (χ0n) is 28.3. The molecule has 8 aromatic rings. The predicted molar refractivity (Wildman–Crippen MR) is 195 cm³/mol. The minimum Gasteiger partial charge on any atom is -0.373 e. The van der Waals surface area contributed by atoms with E-state index in [1.54, 1.807) is 75.0 Å². The van der Waals surface area contributed by atoms with Gasteiger partial charge in [-0.05, 0) is 72.3 Å². The normalized spacial score (nSPS) is 11.0. The monoisotopic (exact) mass is 732 g/mol. The van der Waals surface area contributed by atoms with Gasteiger partial charge in [0.1, 0.15) is 57.6 Å². The lowest BCUT2D eigenvalue weighted by Gasteiger charge is -2.12. The highest BCUT2D eigenvalue weighted by molar-refractivity contribution is 5.95. The number of nitrogens with one attached hydrogen (secondary N) is 2. The highest BCUT2D eigenvalue weighted by atomic mass is 19.2. The van der Waals surface area contributed by atoms with Crippen LogP contribution < -0.4 is 10.6 Å². The van der Waals surface area contributed by atoms with Crippen molar-refractivity contribution in [3.05, 3.63) is 144 Å². The first-order valence-corrected chi connectivity index (χ1v) is 16.3. The second-order valence-corrected chi connectivity index (χ2v) is 11.6. The molecule has 2 N–H and O–H groups in total. The van der Waals surface area contributed by atoms with Crippen molar-refractivity contribution in [3.63, 3.8) is 0 Å². The quantitative estimate of drug-likeness (QED) is 0.163. The van der Waals surface area contributed by atoms with Gasteiger partial charge in [0.2, 0.25) is 0 Å². The van der Waals surface area contributed by atoms with Gasteiger partial charge >= 0.3 is 0 Å². The number of hydrogen-bond acceptors (Lipinski definition) is 8. The maximum atomic E-state index is 15.2. The van der Waals surface area contributed by atoms with Crippen LogP contribution in [-0.4, -0.2) is 44.0 Å². The van der Waals surface area contributed by atoms with E-state index in [1.165, 1.54) is 18.2 Å². The predicted octanol–water partition coefficient (Wildman–Crippen LogP) is 9.64. The first kappa shape index (κ1) is 35.4. The van der Waals surface area contributed by atoms with Crippen LogP contribution in [0.1, 0.15) is 0 Å². The Hall–Kier alpha value is -6.96. The fourth-order valence-corrected chi connectivity index (χ4v) is 5.79. The SMILES string of the molecule is CNc1nc(-c2ccccn2)nc2c(F)c(-c3ccc(F)cc3F)ccc12.CNc1nc(-c2ccccn2)nc2ccc(-c3cc(F)cc(F)c3)c(F)c12. The summed E-state index contributed by atoms with van der Waals surface area (Å²) in [5.74, 6) is -3.23. The second-order valence-electron chi connectivity index (χ2n) is 11.6. The van der Waals surface area contributed by atoms with Crippen molar-refractivity contribution in [1.29, 1.82) is 0 Å². The van der Waals surface area contributed by atoms with Crippen LogP contribution >= 0.6 is 0 Å². The van der Waals surface area contributed by atoms with Crippen LogP contribution in [0.5, 0.6) is 0 Å². The highest BCUT2D eigenvalue weighted by Crippen LogP contribution is 2.35. The Bertz CT molecular complexity index is 2640. The number of nitrogens with zero attached hydrogens (tertiary/aromatic N) is 6. The third-order valence-electron chi connectivity index (χ3n) is 8.26. The minimum atomic E-state index is -0.846. The summed E-state index contributed by atoms with van der Waals surface area (Å²) in [6.45, 7) is 0. The molecule has 4 heterocycles. The Labute approximate surface area is 303 Å². The third-order valence-corrected chi connectivity index (χ3v) is 8.26. The van der Waals surface area contributed by atoms with Gasteiger partial charge in [0, 0.05) is 60.7 Å². The van der Waals surface area contributed by atoms with Gasteiger partial charge in [-0.25, -0.2) is 46.3 Å². The minimum absolute atomic E-state index is 0.00674. The molecule has 0 fully saturated rings. The smallest absolute Gasteiger partial charge is 0.180 e. The molecule has 0 bridgehead atoms. The average Bonchev–Trinajstić information content (AvgIpc) is 3.18. The molecule has 8 nitrogen and oxygen atoms in total. The first-order valence-electron chi connectivity index (χ1n) is 16.3. The van der Waals surface area contributed by atoms with Crippen molar-refractivity contribution in [2.75, 3.05) is 24.7 Å². The fourth-order valence-electron chi connectivity index (χ4n) is 5.79. The lowest BCUT2D eigenvalue weighted by Crippen LogP contribution is -2.02. The van der Waals surface area contributed by atoms with Crippen LogP contribution in [0.3, 0.4) is 0 Å². The largest absolute Gasteiger partial charge is 0.373 e. The highest BCUT2D eigenvalue weighted by Gasteiger charge is 2.20. The molecule has 4 aromatic carbocycles. The molecular weight excluding hydrogens is 706 g/mol. The van der Waals surface area contributed by atoms with Crippen molar-refractivity contribution >= 4 is 33.4 Å². The maximum Gasteiger partial charge on any atom is 0.180 e. The van der Waals surface area contributed by atoms with E-state index in [0.717, 1.165) is 30.3 Å². The van der Waals surface area contributed by atoms with Crippen molar-refractivity contribution in [2.45, 2.75) is 0 Å². The maximum absolute atomic E-state index is 15.2.